The molecule has 4 N–H and O–H groups in total. The first kappa shape index (κ1) is 14.9. The largest absolute Gasteiger partial charge is 0.358 e. The summed E-state index contributed by atoms with van der Waals surface area (Å²) in [4.78, 5) is 25.6. The van der Waals surface area contributed by atoms with E-state index in [0.717, 1.165) is 25.8 Å². The average molecular weight is 256 g/mol. The number of likely N-dealkylation sites (tertiary alicyclic amines) is 1. The molecule has 0 aromatic rings. The highest BCUT2D eigenvalue weighted by Crippen LogP contribution is 2.24. The minimum absolute atomic E-state index is 0.0265. The summed E-state index contributed by atoms with van der Waals surface area (Å²) < 4.78 is 0. The number of carbonyl (C=O) groups is 2. The van der Waals surface area contributed by atoms with E-state index in [-0.39, 0.29) is 17.9 Å². The Balaban J connectivity index is 2.73. The molecule has 1 unspecified atom stereocenters. The van der Waals surface area contributed by atoms with Gasteiger partial charge in [-0.15, -0.1) is 0 Å². The predicted molar refractivity (Wildman–Crippen MR) is 69.4 cm³/mol. The minimum atomic E-state index is -0.599. The van der Waals surface area contributed by atoms with E-state index in [4.69, 9.17) is 5.84 Å². The summed E-state index contributed by atoms with van der Waals surface area (Å²) in [6.07, 6.45) is 2.96. The fourth-order valence-electron chi connectivity index (χ4n) is 2.42. The van der Waals surface area contributed by atoms with Gasteiger partial charge < -0.3 is 5.32 Å². The number of hydrazine groups is 1. The predicted octanol–water partition coefficient (Wildman–Crippen LogP) is -0.397. The molecule has 18 heavy (non-hydrogen) atoms. The molecule has 104 valence electrons. The van der Waals surface area contributed by atoms with Crippen LogP contribution in [-0.4, -0.2) is 42.9 Å². The lowest BCUT2D eigenvalue weighted by Gasteiger charge is -2.38. The van der Waals surface area contributed by atoms with Crippen LogP contribution in [0, 0.1) is 5.41 Å². The van der Waals surface area contributed by atoms with Crippen LogP contribution in [0.15, 0.2) is 0 Å². The summed E-state index contributed by atoms with van der Waals surface area (Å²) in [5.41, 5.74) is 1.59. The van der Waals surface area contributed by atoms with Gasteiger partial charge in [-0.25, -0.2) is 5.84 Å². The number of amides is 2. The standard InChI is InChI=1S/C12H24N4O2/c1-12(2,11(18)15-13)8-16-7-5-4-6-9(16)10(17)14-3/h9H,4-8,13H2,1-3H3,(H,14,17)(H,15,18). The fraction of sp³-hybridized carbons (Fsp3) is 0.833. The number of rotatable bonds is 4. The third-order valence-corrected chi connectivity index (χ3v) is 3.51. The van der Waals surface area contributed by atoms with Crippen molar-refractivity contribution in [2.45, 2.75) is 39.2 Å². The highest BCUT2D eigenvalue weighted by molar-refractivity contribution is 5.83. The van der Waals surface area contributed by atoms with Crippen molar-refractivity contribution in [3.63, 3.8) is 0 Å². The second-order valence-electron chi connectivity index (χ2n) is 5.45. The van der Waals surface area contributed by atoms with Crippen molar-refractivity contribution in [2.24, 2.45) is 11.3 Å². The summed E-state index contributed by atoms with van der Waals surface area (Å²) in [7, 11) is 1.65. The van der Waals surface area contributed by atoms with E-state index in [9.17, 15) is 9.59 Å². The Morgan fingerprint density at radius 2 is 2.06 bits per heavy atom. The SMILES string of the molecule is CNC(=O)C1CCCCN1CC(C)(C)C(=O)NN. The molecule has 1 atom stereocenters. The van der Waals surface area contributed by atoms with Crippen LogP contribution in [0.25, 0.3) is 0 Å². The fourth-order valence-corrected chi connectivity index (χ4v) is 2.42. The molecule has 0 aliphatic carbocycles. The van der Waals surface area contributed by atoms with Crippen LogP contribution in [0.2, 0.25) is 0 Å². The number of nitrogens with two attached hydrogens (primary N) is 1. The Labute approximate surface area is 108 Å². The zero-order valence-electron chi connectivity index (χ0n) is 11.5. The van der Waals surface area contributed by atoms with Crippen LogP contribution in [-0.2, 0) is 9.59 Å². The minimum Gasteiger partial charge on any atom is -0.358 e. The van der Waals surface area contributed by atoms with Crippen molar-refractivity contribution in [1.82, 2.24) is 15.6 Å². The highest BCUT2D eigenvalue weighted by atomic mass is 16.2. The molecule has 2 amide bonds. The molecule has 6 heteroatoms. The number of nitrogens with one attached hydrogen (secondary N) is 2. The summed E-state index contributed by atoms with van der Waals surface area (Å²) in [6, 6.07) is -0.131. The maximum absolute atomic E-state index is 11.8. The molecule has 0 bridgehead atoms. The van der Waals surface area contributed by atoms with E-state index in [1.165, 1.54) is 0 Å². The number of hydrogen-bond donors (Lipinski definition) is 3. The lowest BCUT2D eigenvalue weighted by Crippen LogP contribution is -2.54. The summed E-state index contributed by atoms with van der Waals surface area (Å²) in [5.74, 6) is 5.01. The van der Waals surface area contributed by atoms with Gasteiger partial charge in [-0.05, 0) is 33.2 Å². The van der Waals surface area contributed by atoms with Gasteiger partial charge in [0.2, 0.25) is 11.8 Å². The van der Waals surface area contributed by atoms with Crippen molar-refractivity contribution in [3.05, 3.63) is 0 Å². The van der Waals surface area contributed by atoms with Gasteiger partial charge in [0.05, 0.1) is 11.5 Å². The molecule has 1 fully saturated rings. The number of hydrogen-bond acceptors (Lipinski definition) is 4. The van der Waals surface area contributed by atoms with Crippen LogP contribution >= 0.6 is 0 Å². The zero-order chi connectivity index (χ0) is 13.8. The second-order valence-corrected chi connectivity index (χ2v) is 5.45. The smallest absolute Gasteiger partial charge is 0.240 e. The first-order valence-electron chi connectivity index (χ1n) is 6.39. The van der Waals surface area contributed by atoms with Crippen LogP contribution in [0.4, 0.5) is 0 Å². The number of likely N-dealkylation sites (N-methyl/N-ethyl adjacent to an activating group) is 1. The van der Waals surface area contributed by atoms with E-state index in [1.807, 2.05) is 13.8 Å². The monoisotopic (exact) mass is 256 g/mol. The third-order valence-electron chi connectivity index (χ3n) is 3.51. The molecule has 1 saturated heterocycles. The van der Waals surface area contributed by atoms with E-state index < -0.39 is 5.41 Å². The summed E-state index contributed by atoms with van der Waals surface area (Å²) >= 11 is 0. The van der Waals surface area contributed by atoms with Gasteiger partial charge in [-0.1, -0.05) is 6.42 Å². The number of nitrogens with zero attached hydrogens (tertiary/aromatic N) is 1. The molecule has 0 spiro atoms. The molecule has 0 saturated carbocycles. The van der Waals surface area contributed by atoms with Crippen molar-refractivity contribution in [3.8, 4) is 0 Å². The Morgan fingerprint density at radius 1 is 1.39 bits per heavy atom. The molecule has 1 rings (SSSR count). The first-order valence-corrected chi connectivity index (χ1v) is 6.39. The molecule has 1 aliphatic rings. The van der Waals surface area contributed by atoms with Gasteiger partial charge in [0.1, 0.15) is 0 Å². The molecule has 1 aliphatic heterocycles. The maximum atomic E-state index is 11.8. The molecule has 0 radical (unpaired) electrons. The Kier molecular flexibility index (Phi) is 5.10. The van der Waals surface area contributed by atoms with Gasteiger partial charge in [-0.3, -0.25) is 19.9 Å². The van der Waals surface area contributed by atoms with Gasteiger partial charge in [-0.2, -0.15) is 0 Å². The van der Waals surface area contributed by atoms with E-state index in [1.54, 1.807) is 7.05 Å². The Bertz CT molecular complexity index is 317. The molecule has 6 nitrogen and oxygen atoms in total. The Hall–Kier alpha value is -1.14. The normalized spacial score (nSPS) is 21.4. The lowest BCUT2D eigenvalue weighted by molar-refractivity contribution is -0.134. The summed E-state index contributed by atoms with van der Waals surface area (Å²) in [5, 5.41) is 2.69. The summed E-state index contributed by atoms with van der Waals surface area (Å²) in [6.45, 7) is 5.06. The van der Waals surface area contributed by atoms with Gasteiger partial charge in [0.15, 0.2) is 0 Å². The second kappa shape index (κ2) is 6.15. The molecule has 0 aromatic carbocycles. The van der Waals surface area contributed by atoms with Gasteiger partial charge >= 0.3 is 0 Å². The van der Waals surface area contributed by atoms with E-state index >= 15 is 0 Å². The van der Waals surface area contributed by atoms with Gasteiger partial charge in [0.25, 0.3) is 0 Å². The molecule has 1 heterocycles. The van der Waals surface area contributed by atoms with Crippen LogP contribution < -0.4 is 16.6 Å². The molecular formula is C12H24N4O2. The average Bonchev–Trinajstić information content (AvgIpc) is 2.37. The zero-order valence-corrected chi connectivity index (χ0v) is 11.5. The van der Waals surface area contributed by atoms with Crippen molar-refractivity contribution in [1.29, 1.82) is 0 Å². The van der Waals surface area contributed by atoms with E-state index in [2.05, 4.69) is 15.6 Å². The molecular weight excluding hydrogens is 232 g/mol. The van der Waals surface area contributed by atoms with Crippen molar-refractivity contribution >= 4 is 11.8 Å². The van der Waals surface area contributed by atoms with E-state index in [0.29, 0.717) is 6.54 Å². The van der Waals surface area contributed by atoms with Crippen molar-refractivity contribution in [2.75, 3.05) is 20.1 Å². The quantitative estimate of drug-likeness (QED) is 0.363. The maximum Gasteiger partial charge on any atom is 0.240 e. The van der Waals surface area contributed by atoms with Crippen LogP contribution in [0.1, 0.15) is 33.1 Å². The molecule has 0 aromatic heterocycles. The van der Waals surface area contributed by atoms with Gasteiger partial charge in [0, 0.05) is 13.6 Å². The first-order chi connectivity index (χ1) is 8.42. The van der Waals surface area contributed by atoms with Crippen LogP contribution in [0.3, 0.4) is 0 Å². The number of carbonyl (C=O) groups excluding carboxylic acids is 2. The third kappa shape index (κ3) is 3.43. The lowest BCUT2D eigenvalue weighted by atomic mass is 9.89. The van der Waals surface area contributed by atoms with Crippen LogP contribution in [0.5, 0.6) is 0 Å². The Morgan fingerprint density at radius 3 is 2.61 bits per heavy atom. The topological polar surface area (TPSA) is 87.5 Å². The van der Waals surface area contributed by atoms with Crippen molar-refractivity contribution < 1.29 is 9.59 Å². The highest BCUT2D eigenvalue weighted by Gasteiger charge is 2.35. The number of piperidine rings is 1.